The van der Waals surface area contributed by atoms with Crippen molar-refractivity contribution in [3.8, 4) is 0 Å². The molecule has 5 nitrogen and oxygen atoms in total. The molecule has 0 unspecified atom stereocenters. The molecule has 2 heterocycles. The molecule has 0 spiro atoms. The van der Waals surface area contributed by atoms with E-state index in [0.717, 1.165) is 42.8 Å². The summed E-state index contributed by atoms with van der Waals surface area (Å²) in [7, 11) is 3.93. The van der Waals surface area contributed by atoms with Crippen LogP contribution in [0.1, 0.15) is 28.8 Å². The van der Waals surface area contributed by atoms with Gasteiger partial charge in [-0.1, -0.05) is 12.2 Å². The maximum atomic E-state index is 5.89. The predicted octanol–water partition coefficient (Wildman–Crippen LogP) is 1.57. The van der Waals surface area contributed by atoms with Gasteiger partial charge in [-0.25, -0.2) is 4.98 Å². The predicted molar refractivity (Wildman–Crippen MR) is 87.5 cm³/mol. The molecule has 0 saturated carbocycles. The minimum absolute atomic E-state index is 0.408. The zero-order chi connectivity index (χ0) is 15.0. The highest BCUT2D eigenvalue weighted by molar-refractivity contribution is 7.80. The number of hydrogen-bond donors (Lipinski definition) is 1. The summed E-state index contributed by atoms with van der Waals surface area (Å²) in [4.78, 5) is 7.30. The van der Waals surface area contributed by atoms with E-state index >= 15 is 0 Å². The van der Waals surface area contributed by atoms with E-state index in [1.807, 2.05) is 26.5 Å². The van der Waals surface area contributed by atoms with E-state index in [1.54, 1.807) is 4.68 Å². The Balaban J connectivity index is 1.94. The average Bonchev–Trinajstić information content (AvgIpc) is 3.05. The molecular weight excluding hydrogens is 282 g/mol. The van der Waals surface area contributed by atoms with Crippen LogP contribution in [0.25, 0.3) is 0 Å². The first-order chi connectivity index (χ1) is 10.0. The second kappa shape index (κ2) is 5.44. The third-order valence-corrected chi connectivity index (χ3v) is 4.06. The van der Waals surface area contributed by atoms with Gasteiger partial charge in [0.1, 0.15) is 10.8 Å². The minimum atomic E-state index is 0.408. The molecule has 0 aromatic carbocycles. The van der Waals surface area contributed by atoms with E-state index in [-0.39, 0.29) is 0 Å². The first-order valence-electron chi connectivity index (χ1n) is 7.06. The highest BCUT2D eigenvalue weighted by Gasteiger charge is 2.20. The Morgan fingerprint density at radius 2 is 2.29 bits per heavy atom. The van der Waals surface area contributed by atoms with Crippen LogP contribution >= 0.6 is 12.2 Å². The molecule has 1 aliphatic carbocycles. The van der Waals surface area contributed by atoms with Crippen molar-refractivity contribution < 1.29 is 0 Å². The number of hydrogen-bond acceptors (Lipinski definition) is 4. The lowest BCUT2D eigenvalue weighted by Crippen LogP contribution is -2.23. The molecule has 0 saturated heterocycles. The lowest BCUT2D eigenvalue weighted by atomic mass is 10.1. The minimum Gasteiger partial charge on any atom is -0.389 e. The normalized spacial score (nSPS) is 13.2. The zero-order valence-corrected chi connectivity index (χ0v) is 13.2. The van der Waals surface area contributed by atoms with Gasteiger partial charge in [0.25, 0.3) is 0 Å². The van der Waals surface area contributed by atoms with Crippen molar-refractivity contribution in [2.24, 2.45) is 12.8 Å². The molecule has 110 valence electrons. The van der Waals surface area contributed by atoms with Crippen molar-refractivity contribution >= 4 is 23.0 Å². The number of fused-ring (bicyclic) bond motifs is 1. The number of nitrogens with two attached hydrogens (primary N) is 1. The average molecular weight is 301 g/mol. The van der Waals surface area contributed by atoms with Gasteiger partial charge >= 0.3 is 0 Å². The summed E-state index contributed by atoms with van der Waals surface area (Å²) in [6, 6.07) is 2.12. The second-order valence-electron chi connectivity index (χ2n) is 5.56. The standard InChI is InChI=1S/C15H19N5S/c1-19(8-10-7-17-20(2)9-10)15-12(14(16)21)6-11-4-3-5-13(11)18-15/h6-7,9H,3-5,8H2,1-2H3,(H2,16,21). The van der Waals surface area contributed by atoms with Gasteiger partial charge in [-0.15, -0.1) is 0 Å². The Morgan fingerprint density at radius 1 is 1.48 bits per heavy atom. The lowest BCUT2D eigenvalue weighted by molar-refractivity contribution is 0.766. The number of pyridine rings is 1. The summed E-state index contributed by atoms with van der Waals surface area (Å²) in [5.41, 5.74) is 10.4. The van der Waals surface area contributed by atoms with Crippen molar-refractivity contribution in [2.45, 2.75) is 25.8 Å². The summed E-state index contributed by atoms with van der Waals surface area (Å²) < 4.78 is 1.80. The number of aromatic nitrogens is 3. The third-order valence-electron chi connectivity index (χ3n) is 3.84. The number of anilines is 1. The zero-order valence-electron chi connectivity index (χ0n) is 12.3. The van der Waals surface area contributed by atoms with Crippen molar-refractivity contribution in [2.75, 3.05) is 11.9 Å². The number of nitrogens with zero attached hydrogens (tertiary/aromatic N) is 4. The van der Waals surface area contributed by atoms with Gasteiger partial charge < -0.3 is 10.6 Å². The SMILES string of the molecule is CN(Cc1cnn(C)c1)c1nc2c(cc1C(N)=S)CCC2. The van der Waals surface area contributed by atoms with E-state index < -0.39 is 0 Å². The Bertz CT molecular complexity index is 691. The summed E-state index contributed by atoms with van der Waals surface area (Å²) in [5.74, 6) is 0.868. The van der Waals surface area contributed by atoms with Crippen LogP contribution in [0.4, 0.5) is 5.82 Å². The first-order valence-corrected chi connectivity index (χ1v) is 7.46. The molecule has 1 aliphatic rings. The van der Waals surface area contributed by atoms with Gasteiger partial charge in [0.2, 0.25) is 0 Å². The Hall–Kier alpha value is -1.95. The highest BCUT2D eigenvalue weighted by atomic mass is 32.1. The van der Waals surface area contributed by atoms with Crippen LogP contribution in [0.15, 0.2) is 18.5 Å². The van der Waals surface area contributed by atoms with E-state index in [1.165, 1.54) is 11.3 Å². The molecule has 2 aromatic rings. The second-order valence-corrected chi connectivity index (χ2v) is 6.00. The van der Waals surface area contributed by atoms with Gasteiger partial charge in [0.05, 0.1) is 11.8 Å². The Morgan fingerprint density at radius 3 is 2.95 bits per heavy atom. The molecule has 0 atom stereocenters. The van der Waals surface area contributed by atoms with Gasteiger partial charge in [-0.2, -0.15) is 5.10 Å². The van der Waals surface area contributed by atoms with Gasteiger partial charge in [0.15, 0.2) is 0 Å². The molecule has 0 amide bonds. The molecule has 21 heavy (non-hydrogen) atoms. The van der Waals surface area contributed by atoms with Crippen LogP contribution < -0.4 is 10.6 Å². The first kappa shape index (κ1) is 14.0. The topological polar surface area (TPSA) is 60.0 Å². The van der Waals surface area contributed by atoms with Gasteiger partial charge in [-0.3, -0.25) is 4.68 Å². The van der Waals surface area contributed by atoms with Crippen molar-refractivity contribution in [3.63, 3.8) is 0 Å². The molecule has 3 rings (SSSR count). The maximum Gasteiger partial charge on any atom is 0.139 e. The summed E-state index contributed by atoms with van der Waals surface area (Å²) in [6.07, 6.45) is 7.15. The van der Waals surface area contributed by atoms with E-state index in [9.17, 15) is 0 Å². The van der Waals surface area contributed by atoms with E-state index in [2.05, 4.69) is 16.1 Å². The Kier molecular flexibility index (Phi) is 3.63. The van der Waals surface area contributed by atoms with E-state index in [0.29, 0.717) is 4.99 Å². The molecule has 0 radical (unpaired) electrons. The highest BCUT2D eigenvalue weighted by Crippen LogP contribution is 2.27. The number of aryl methyl sites for hydroxylation is 3. The summed E-state index contributed by atoms with van der Waals surface area (Å²) in [6.45, 7) is 0.731. The lowest BCUT2D eigenvalue weighted by Gasteiger charge is -2.21. The number of thiocarbonyl (C=S) groups is 1. The van der Waals surface area contributed by atoms with Gasteiger partial charge in [-0.05, 0) is 30.9 Å². The van der Waals surface area contributed by atoms with Crippen molar-refractivity contribution in [1.82, 2.24) is 14.8 Å². The van der Waals surface area contributed by atoms with Crippen LogP contribution in [0.2, 0.25) is 0 Å². The van der Waals surface area contributed by atoms with Crippen molar-refractivity contribution in [1.29, 1.82) is 0 Å². The van der Waals surface area contributed by atoms with Gasteiger partial charge in [0, 0.05) is 38.1 Å². The van der Waals surface area contributed by atoms with Crippen LogP contribution in [0.3, 0.4) is 0 Å². The fourth-order valence-corrected chi connectivity index (χ4v) is 2.99. The molecule has 2 N–H and O–H groups in total. The Labute approximate surface area is 129 Å². The maximum absolute atomic E-state index is 5.89. The molecule has 0 aliphatic heterocycles. The van der Waals surface area contributed by atoms with E-state index in [4.69, 9.17) is 22.9 Å². The third kappa shape index (κ3) is 2.76. The monoisotopic (exact) mass is 301 g/mol. The largest absolute Gasteiger partial charge is 0.389 e. The summed E-state index contributed by atoms with van der Waals surface area (Å²) >= 11 is 5.20. The van der Waals surface area contributed by atoms with Crippen LogP contribution in [-0.4, -0.2) is 26.8 Å². The molecule has 6 heteroatoms. The summed E-state index contributed by atoms with van der Waals surface area (Å²) in [5, 5.41) is 4.20. The molecule has 0 bridgehead atoms. The van der Waals surface area contributed by atoms with Crippen LogP contribution in [0.5, 0.6) is 0 Å². The van der Waals surface area contributed by atoms with Crippen molar-refractivity contribution in [3.05, 3.63) is 40.8 Å². The molecule has 0 fully saturated rings. The number of rotatable bonds is 4. The quantitative estimate of drug-likeness (QED) is 0.869. The fourth-order valence-electron chi connectivity index (χ4n) is 2.84. The van der Waals surface area contributed by atoms with Crippen LogP contribution in [-0.2, 0) is 26.4 Å². The molecular formula is C15H19N5S. The smallest absolute Gasteiger partial charge is 0.139 e. The molecule has 2 aromatic heterocycles. The fraction of sp³-hybridized carbons (Fsp3) is 0.400. The van der Waals surface area contributed by atoms with Crippen LogP contribution in [0, 0.1) is 0 Å².